The van der Waals surface area contributed by atoms with E-state index < -0.39 is 5.41 Å². The minimum Gasteiger partial charge on any atom is -0.208 e. The van der Waals surface area contributed by atoms with E-state index in [1.807, 2.05) is 72.8 Å². The molecule has 0 N–H and O–H groups in total. The van der Waals surface area contributed by atoms with Crippen LogP contribution in [0.3, 0.4) is 0 Å². The number of benzene rings is 20. The molecule has 9 nitrogen and oxygen atoms in total. The fourth-order valence-electron chi connectivity index (χ4n) is 23.0. The first-order valence-corrected chi connectivity index (χ1v) is 49.7. The second-order valence-electron chi connectivity index (χ2n) is 37.2. The molecule has 0 fully saturated rings. The van der Waals surface area contributed by atoms with Crippen molar-refractivity contribution in [3.05, 3.63) is 524 Å². The summed E-state index contributed by atoms with van der Waals surface area (Å²) in [6.07, 6.45) is 4.08. The molecule has 0 atom stereocenters. The Morgan fingerprint density at radius 3 is 0.734 bits per heavy atom. The number of hydrogen-bond acceptors (Lipinski definition) is 9. The summed E-state index contributed by atoms with van der Waals surface area (Å²) in [5, 5.41) is 7.68. The van der Waals surface area contributed by atoms with Crippen molar-refractivity contribution in [2.75, 3.05) is 0 Å². The van der Waals surface area contributed by atoms with Crippen LogP contribution in [0, 0.1) is 0 Å². The third-order valence-corrected chi connectivity index (χ3v) is 29.8. The van der Waals surface area contributed by atoms with E-state index in [-0.39, 0.29) is 10.8 Å². The Bertz CT molecular complexity index is 8660. The Balaban J connectivity index is 0.000000116. The minimum atomic E-state index is -0.574. The first kappa shape index (κ1) is 87.9. The highest BCUT2D eigenvalue weighted by molar-refractivity contribution is 6.06. The van der Waals surface area contributed by atoms with Gasteiger partial charge in [0.1, 0.15) is 0 Å². The number of aromatic nitrogens is 9. The third-order valence-electron chi connectivity index (χ3n) is 29.8. The topological polar surface area (TPSA) is 116 Å². The van der Waals surface area contributed by atoms with Gasteiger partial charge < -0.3 is 0 Å². The van der Waals surface area contributed by atoms with Crippen LogP contribution in [-0.2, 0) is 16.2 Å². The van der Waals surface area contributed by atoms with Crippen molar-refractivity contribution < 1.29 is 0 Å². The molecule has 3 aromatic heterocycles. The summed E-state index contributed by atoms with van der Waals surface area (Å²) in [5.41, 5.74) is 33.0. The molecule has 0 saturated carbocycles. The summed E-state index contributed by atoms with van der Waals surface area (Å²) >= 11 is 0. The molecule has 0 bridgehead atoms. The van der Waals surface area contributed by atoms with Crippen LogP contribution in [0.2, 0.25) is 0 Å². The van der Waals surface area contributed by atoms with Gasteiger partial charge in [-0.05, 0) is 175 Å². The highest BCUT2D eigenvalue weighted by Crippen LogP contribution is 2.63. The lowest BCUT2D eigenvalue weighted by Crippen LogP contribution is -2.28. The van der Waals surface area contributed by atoms with Gasteiger partial charge in [-0.1, -0.05) is 501 Å². The number of hydrogen-bond donors (Lipinski definition) is 0. The van der Waals surface area contributed by atoms with Gasteiger partial charge in [-0.25, -0.2) is 44.9 Å². The maximum absolute atomic E-state index is 5.29. The van der Waals surface area contributed by atoms with Gasteiger partial charge in [-0.2, -0.15) is 0 Å². The first-order valence-electron chi connectivity index (χ1n) is 49.7. The predicted octanol–water partition coefficient (Wildman–Crippen LogP) is 33.6. The fourth-order valence-corrected chi connectivity index (χ4v) is 23.0. The lowest BCUT2D eigenvalue weighted by Gasteiger charge is -2.34. The second-order valence-corrected chi connectivity index (χ2v) is 37.2. The van der Waals surface area contributed by atoms with Crippen molar-refractivity contribution in [1.82, 2.24) is 44.9 Å². The van der Waals surface area contributed by atoms with Gasteiger partial charge in [0.15, 0.2) is 52.4 Å². The lowest BCUT2D eigenvalue weighted by atomic mass is 9.66. The van der Waals surface area contributed by atoms with Gasteiger partial charge in [-0.15, -0.1) is 0 Å². The molecule has 0 radical (unpaired) electrons. The molecule has 143 heavy (non-hydrogen) atoms. The Kier molecular flexibility index (Phi) is 23.1. The Labute approximate surface area is 834 Å². The smallest absolute Gasteiger partial charge is 0.164 e. The summed E-state index contributed by atoms with van der Waals surface area (Å²) in [6.45, 7) is 9.30. The summed E-state index contributed by atoms with van der Waals surface area (Å²) in [5.74, 6) is 6.02. The summed E-state index contributed by atoms with van der Waals surface area (Å²) in [7, 11) is 0. The SMILES string of the molecule is CCC1(CC)c2cccc(-c3nc(-c4ccccc4)nc(-c4ccc(-c5ccccc5)cc4)n3)c2-c2ccc3ccccc3c21.CCC1(CC)c2cccc(-c3nc(-c4ccccc4)nc(-c4cccc(-c5ccccc5)c4)n3)c2-c2ccc3ccccc3c21.c1ccc(-c2ccc(-c3nc(-c4ccccc4)nc(-c4cccc5c4-c4ccc6ccccc6c4C5(c4ccccc4)c4ccccc4)n3)cc2)cc1. The highest BCUT2D eigenvalue weighted by atomic mass is 15.1. The molecule has 0 saturated heterocycles. The largest absolute Gasteiger partial charge is 0.208 e. The first-order chi connectivity index (χ1) is 70.7. The van der Waals surface area contributed by atoms with Crippen molar-refractivity contribution in [2.24, 2.45) is 0 Å². The van der Waals surface area contributed by atoms with Crippen LogP contribution in [0.1, 0.15) is 97.9 Å². The van der Waals surface area contributed by atoms with E-state index in [0.29, 0.717) is 52.4 Å². The molecule has 3 aliphatic carbocycles. The molecule has 0 unspecified atom stereocenters. The van der Waals surface area contributed by atoms with E-state index in [1.165, 1.54) is 116 Å². The third kappa shape index (κ3) is 15.5. The molecule has 26 rings (SSSR count). The maximum Gasteiger partial charge on any atom is 0.164 e. The average Bonchev–Trinajstić information content (AvgIpc) is 1.49. The van der Waals surface area contributed by atoms with E-state index >= 15 is 0 Å². The van der Waals surface area contributed by atoms with Crippen LogP contribution < -0.4 is 0 Å². The van der Waals surface area contributed by atoms with Gasteiger partial charge in [-0.3, -0.25) is 0 Å². The molecular formula is C134H99N9. The van der Waals surface area contributed by atoms with Gasteiger partial charge in [0.25, 0.3) is 0 Å². The molecule has 0 aliphatic heterocycles. The molecule has 9 heteroatoms. The van der Waals surface area contributed by atoms with E-state index in [0.717, 1.165) is 104 Å². The minimum absolute atomic E-state index is 0.0765. The zero-order chi connectivity index (χ0) is 96.0. The average molecular weight is 1840 g/mol. The standard InChI is InChI=1S/C50H33N3.2C42H33N3/c1-5-16-34(17-6-1)35-28-30-38(31-29-35)48-51-47(37-19-7-2-8-20-37)52-49(53-48)43-26-15-27-44-45(43)42-33-32-36-18-13-14-25-41(36)46(42)50(44,39-21-9-3-10-22-39)40-23-11-4-12-24-40;1-3-42(4-2)36-24-14-23-35(37(36)34-26-25-29-17-11-12-22-33(29)38(34)42)41-44-39(30-18-9-6-10-19-30)43-40(45-41)32-21-13-20-31(27-32)28-15-7-5-8-16-28;1-3-42(4-2)36-21-13-20-35(37(36)34-27-26-30-16-11-12-19-33(30)38(34)42)41-44-39(31-17-9-6-10-18-31)43-40(45-41)32-24-22-29(23-25-32)28-14-7-5-8-15-28/h1-33H;2*5-27H,3-4H2,1-2H3. The molecule has 3 heterocycles. The quantitative estimate of drug-likeness (QED) is 0.0828. The Morgan fingerprint density at radius 1 is 0.161 bits per heavy atom. The van der Waals surface area contributed by atoms with Crippen LogP contribution in [0.4, 0.5) is 0 Å². The van der Waals surface area contributed by atoms with Crippen molar-refractivity contribution in [3.8, 4) is 169 Å². The number of nitrogens with zero attached hydrogens (tertiary/aromatic N) is 9. The molecule has 23 aromatic rings. The maximum atomic E-state index is 5.29. The molecule has 0 amide bonds. The molecule has 0 spiro atoms. The van der Waals surface area contributed by atoms with Crippen molar-refractivity contribution in [1.29, 1.82) is 0 Å². The van der Waals surface area contributed by atoms with Crippen molar-refractivity contribution >= 4 is 32.3 Å². The van der Waals surface area contributed by atoms with Crippen molar-refractivity contribution in [3.63, 3.8) is 0 Å². The monoisotopic (exact) mass is 1830 g/mol. The van der Waals surface area contributed by atoms with E-state index in [1.54, 1.807) is 0 Å². The molecular weight excluding hydrogens is 1740 g/mol. The summed E-state index contributed by atoms with van der Waals surface area (Å²) < 4.78 is 0. The van der Waals surface area contributed by atoms with Crippen LogP contribution in [0.5, 0.6) is 0 Å². The molecule has 20 aromatic carbocycles. The van der Waals surface area contributed by atoms with Gasteiger partial charge >= 0.3 is 0 Å². The van der Waals surface area contributed by atoms with Gasteiger partial charge in [0, 0.05) is 60.9 Å². The summed E-state index contributed by atoms with van der Waals surface area (Å²) in [6, 6.07) is 170. The highest BCUT2D eigenvalue weighted by Gasteiger charge is 2.50. The Morgan fingerprint density at radius 2 is 0.392 bits per heavy atom. The fraction of sp³-hybridized carbons (Fsp3) is 0.0821. The second kappa shape index (κ2) is 37.5. The zero-order valence-electron chi connectivity index (χ0n) is 80.0. The van der Waals surface area contributed by atoms with E-state index in [9.17, 15) is 0 Å². The normalized spacial score (nSPS) is 12.9. The van der Waals surface area contributed by atoms with Gasteiger partial charge in [0.05, 0.1) is 5.41 Å². The number of rotatable bonds is 18. The van der Waals surface area contributed by atoms with Crippen LogP contribution in [-0.4, -0.2) is 44.9 Å². The molecule has 680 valence electrons. The zero-order valence-corrected chi connectivity index (χ0v) is 80.0. The van der Waals surface area contributed by atoms with Crippen LogP contribution >= 0.6 is 0 Å². The lowest BCUT2D eigenvalue weighted by molar-refractivity contribution is 0.494. The van der Waals surface area contributed by atoms with Crippen LogP contribution in [0.25, 0.3) is 202 Å². The van der Waals surface area contributed by atoms with E-state index in [2.05, 4.69) is 434 Å². The predicted molar refractivity (Wildman–Crippen MR) is 588 cm³/mol. The van der Waals surface area contributed by atoms with E-state index in [4.69, 9.17) is 44.9 Å². The Hall–Kier alpha value is -17.8. The van der Waals surface area contributed by atoms with Crippen molar-refractivity contribution in [2.45, 2.75) is 69.6 Å². The van der Waals surface area contributed by atoms with Crippen LogP contribution in [0.15, 0.2) is 479 Å². The molecule has 3 aliphatic rings. The number of fused-ring (bicyclic) bond motifs is 15. The summed E-state index contributed by atoms with van der Waals surface area (Å²) in [4.78, 5) is 46.4. The van der Waals surface area contributed by atoms with Gasteiger partial charge in [0.2, 0.25) is 0 Å².